The third-order valence-electron chi connectivity index (χ3n) is 3.27. The zero-order valence-corrected chi connectivity index (χ0v) is 11.4. The van der Waals surface area contributed by atoms with Crippen LogP contribution in [0.25, 0.3) is 5.69 Å². The fraction of sp³-hybridized carbons (Fsp3) is 0.267. The molecule has 0 saturated carbocycles. The Bertz CT molecular complexity index is 677. The van der Waals surface area contributed by atoms with Crippen molar-refractivity contribution in [1.82, 2.24) is 9.78 Å². The minimum absolute atomic E-state index is 0.304. The van der Waals surface area contributed by atoms with Gasteiger partial charge in [0.25, 0.3) is 5.56 Å². The first-order chi connectivity index (χ1) is 9.56. The van der Waals surface area contributed by atoms with Gasteiger partial charge in [0.15, 0.2) is 0 Å². The van der Waals surface area contributed by atoms with Crippen molar-refractivity contribution < 1.29 is 9.90 Å². The van der Waals surface area contributed by atoms with Gasteiger partial charge in [0.1, 0.15) is 0 Å². The van der Waals surface area contributed by atoms with E-state index in [2.05, 4.69) is 5.10 Å². The SMILES string of the molecule is CCC(C(=O)O)c1c(C)cnn(-c2ccccc2)c1=O. The average Bonchev–Trinajstić information content (AvgIpc) is 2.44. The molecule has 0 saturated heterocycles. The average molecular weight is 272 g/mol. The number of hydrogen-bond acceptors (Lipinski definition) is 3. The summed E-state index contributed by atoms with van der Waals surface area (Å²) in [6.07, 6.45) is 1.90. The highest BCUT2D eigenvalue weighted by Gasteiger charge is 2.24. The normalized spacial score (nSPS) is 12.1. The lowest BCUT2D eigenvalue weighted by atomic mass is 9.95. The van der Waals surface area contributed by atoms with Crippen LogP contribution in [-0.2, 0) is 4.79 Å². The molecule has 0 aliphatic heterocycles. The molecule has 0 aliphatic rings. The molecule has 2 aromatic rings. The minimum atomic E-state index is -0.987. The van der Waals surface area contributed by atoms with Gasteiger partial charge in [0, 0.05) is 5.56 Å². The Morgan fingerprint density at radius 3 is 2.55 bits per heavy atom. The first-order valence-electron chi connectivity index (χ1n) is 6.43. The summed E-state index contributed by atoms with van der Waals surface area (Å²) in [5.74, 6) is -1.79. The molecule has 0 radical (unpaired) electrons. The lowest BCUT2D eigenvalue weighted by Gasteiger charge is -2.14. The van der Waals surface area contributed by atoms with E-state index in [-0.39, 0.29) is 5.56 Å². The van der Waals surface area contributed by atoms with E-state index in [0.29, 0.717) is 23.2 Å². The van der Waals surface area contributed by atoms with E-state index in [1.54, 1.807) is 38.1 Å². The smallest absolute Gasteiger partial charge is 0.311 e. The van der Waals surface area contributed by atoms with E-state index in [9.17, 15) is 14.7 Å². The second-order valence-corrected chi connectivity index (χ2v) is 4.59. The van der Waals surface area contributed by atoms with E-state index >= 15 is 0 Å². The molecule has 0 bridgehead atoms. The van der Waals surface area contributed by atoms with Gasteiger partial charge in [0.2, 0.25) is 0 Å². The van der Waals surface area contributed by atoms with Crippen LogP contribution >= 0.6 is 0 Å². The first-order valence-corrected chi connectivity index (χ1v) is 6.43. The number of rotatable bonds is 4. The molecule has 1 atom stereocenters. The minimum Gasteiger partial charge on any atom is -0.481 e. The number of carboxylic acid groups (broad SMARTS) is 1. The Balaban J connectivity index is 2.65. The van der Waals surface area contributed by atoms with Crippen LogP contribution in [-0.4, -0.2) is 20.9 Å². The molecule has 5 heteroatoms. The van der Waals surface area contributed by atoms with Crippen molar-refractivity contribution in [2.45, 2.75) is 26.2 Å². The van der Waals surface area contributed by atoms with Gasteiger partial charge in [-0.25, -0.2) is 0 Å². The highest BCUT2D eigenvalue weighted by atomic mass is 16.4. The molecule has 1 aromatic heterocycles. The zero-order chi connectivity index (χ0) is 14.7. The van der Waals surface area contributed by atoms with Crippen LogP contribution in [0.1, 0.15) is 30.4 Å². The van der Waals surface area contributed by atoms with Crippen molar-refractivity contribution in [2.75, 3.05) is 0 Å². The molecule has 0 spiro atoms. The number of aryl methyl sites for hydroxylation is 1. The molecule has 5 nitrogen and oxygen atoms in total. The fourth-order valence-corrected chi connectivity index (χ4v) is 2.23. The standard InChI is InChI=1S/C15H16N2O3/c1-3-12(15(19)20)13-10(2)9-16-17(14(13)18)11-7-5-4-6-8-11/h4-9,12H,3H2,1-2H3,(H,19,20). The molecule has 104 valence electrons. The van der Waals surface area contributed by atoms with E-state index in [0.717, 1.165) is 0 Å². The summed E-state index contributed by atoms with van der Waals surface area (Å²) >= 11 is 0. The van der Waals surface area contributed by atoms with Crippen LogP contribution < -0.4 is 5.56 Å². The highest BCUT2D eigenvalue weighted by Crippen LogP contribution is 2.19. The summed E-state index contributed by atoms with van der Waals surface area (Å²) in [5.41, 5.74) is 1.17. The van der Waals surface area contributed by atoms with Crippen molar-refractivity contribution in [2.24, 2.45) is 0 Å². The van der Waals surface area contributed by atoms with E-state index in [4.69, 9.17) is 0 Å². The number of carbonyl (C=O) groups is 1. The molecule has 2 rings (SSSR count). The largest absolute Gasteiger partial charge is 0.481 e. The molecule has 0 aliphatic carbocycles. The van der Waals surface area contributed by atoms with E-state index in [1.165, 1.54) is 10.9 Å². The van der Waals surface area contributed by atoms with Gasteiger partial charge in [-0.3, -0.25) is 9.59 Å². The Kier molecular flexibility index (Phi) is 3.98. The molecule has 1 heterocycles. The predicted molar refractivity (Wildman–Crippen MR) is 75.2 cm³/mol. The number of para-hydroxylation sites is 1. The molecule has 0 amide bonds. The maximum Gasteiger partial charge on any atom is 0.311 e. The summed E-state index contributed by atoms with van der Waals surface area (Å²) in [7, 11) is 0. The van der Waals surface area contributed by atoms with Gasteiger partial charge >= 0.3 is 5.97 Å². The lowest BCUT2D eigenvalue weighted by molar-refractivity contribution is -0.138. The second-order valence-electron chi connectivity index (χ2n) is 4.59. The molecule has 1 aromatic carbocycles. The summed E-state index contributed by atoms with van der Waals surface area (Å²) in [4.78, 5) is 23.8. The molecule has 1 unspecified atom stereocenters. The van der Waals surface area contributed by atoms with Gasteiger partial charge in [-0.2, -0.15) is 9.78 Å². The Labute approximate surface area is 116 Å². The monoisotopic (exact) mass is 272 g/mol. The molecular formula is C15H16N2O3. The van der Waals surface area contributed by atoms with Gasteiger partial charge < -0.3 is 5.11 Å². The topological polar surface area (TPSA) is 72.2 Å². The number of benzene rings is 1. The molecule has 20 heavy (non-hydrogen) atoms. The van der Waals surface area contributed by atoms with Crippen molar-refractivity contribution in [3.05, 3.63) is 58.0 Å². The lowest BCUT2D eigenvalue weighted by Crippen LogP contribution is -2.30. The van der Waals surface area contributed by atoms with Gasteiger partial charge in [0.05, 0.1) is 17.8 Å². The molecule has 1 N–H and O–H groups in total. The summed E-state index contributed by atoms with van der Waals surface area (Å²) in [6, 6.07) is 8.97. The van der Waals surface area contributed by atoms with Gasteiger partial charge in [-0.1, -0.05) is 25.1 Å². The van der Waals surface area contributed by atoms with Crippen LogP contribution in [0.15, 0.2) is 41.3 Å². The maximum absolute atomic E-state index is 12.5. The quantitative estimate of drug-likeness (QED) is 0.925. The number of hydrogen-bond donors (Lipinski definition) is 1. The molecule has 0 fully saturated rings. The highest BCUT2D eigenvalue weighted by molar-refractivity contribution is 5.76. The van der Waals surface area contributed by atoms with Crippen molar-refractivity contribution >= 4 is 5.97 Å². The number of carboxylic acids is 1. The summed E-state index contributed by atoms with van der Waals surface area (Å²) < 4.78 is 1.24. The summed E-state index contributed by atoms with van der Waals surface area (Å²) in [6.45, 7) is 3.47. The van der Waals surface area contributed by atoms with Crippen LogP contribution in [0.5, 0.6) is 0 Å². The van der Waals surface area contributed by atoms with Gasteiger partial charge in [-0.05, 0) is 31.0 Å². The number of nitrogens with zero attached hydrogens (tertiary/aromatic N) is 2. The van der Waals surface area contributed by atoms with Crippen LogP contribution in [0, 0.1) is 6.92 Å². The van der Waals surface area contributed by atoms with Crippen molar-refractivity contribution in [3.8, 4) is 5.69 Å². The van der Waals surface area contributed by atoms with Crippen LogP contribution in [0.3, 0.4) is 0 Å². The van der Waals surface area contributed by atoms with E-state index in [1.807, 2.05) is 6.07 Å². The van der Waals surface area contributed by atoms with Crippen LogP contribution in [0.4, 0.5) is 0 Å². The predicted octanol–water partition coefficient (Wildman–Crippen LogP) is 2.12. The summed E-state index contributed by atoms with van der Waals surface area (Å²) in [5, 5.41) is 13.4. The maximum atomic E-state index is 12.5. The third-order valence-corrected chi connectivity index (χ3v) is 3.27. The van der Waals surface area contributed by atoms with Gasteiger partial charge in [-0.15, -0.1) is 0 Å². The third kappa shape index (κ3) is 2.47. The number of aliphatic carboxylic acids is 1. The van der Waals surface area contributed by atoms with Crippen LogP contribution in [0.2, 0.25) is 0 Å². The van der Waals surface area contributed by atoms with E-state index < -0.39 is 11.9 Å². The Morgan fingerprint density at radius 1 is 1.35 bits per heavy atom. The van der Waals surface area contributed by atoms with Crippen molar-refractivity contribution in [3.63, 3.8) is 0 Å². The van der Waals surface area contributed by atoms with Crippen molar-refractivity contribution in [1.29, 1.82) is 0 Å². The zero-order valence-electron chi connectivity index (χ0n) is 11.4. The Hall–Kier alpha value is -2.43. The molecular weight excluding hydrogens is 256 g/mol. The first kappa shape index (κ1) is 14.0. The fourth-order valence-electron chi connectivity index (χ4n) is 2.23. The number of aromatic nitrogens is 2. The second kappa shape index (κ2) is 5.69. The Morgan fingerprint density at radius 2 is 2.00 bits per heavy atom.